The number of amides is 1. The molecule has 5 heteroatoms. The zero-order valence-electron chi connectivity index (χ0n) is 13.7. The smallest absolute Gasteiger partial charge is 0.274 e. The van der Waals surface area contributed by atoms with Crippen LogP contribution in [0.2, 0.25) is 0 Å². The van der Waals surface area contributed by atoms with E-state index in [-0.39, 0.29) is 18.1 Å². The Kier molecular flexibility index (Phi) is 4.34. The van der Waals surface area contributed by atoms with Gasteiger partial charge in [0.1, 0.15) is 6.10 Å². The first-order valence-electron chi connectivity index (χ1n) is 8.76. The van der Waals surface area contributed by atoms with E-state index in [2.05, 4.69) is 28.5 Å². The number of hydrogen-bond acceptors (Lipinski definition) is 4. The molecule has 1 aliphatic carbocycles. The summed E-state index contributed by atoms with van der Waals surface area (Å²) in [5.74, 6) is 0.392. The number of fused-ring (bicyclic) bond motifs is 1. The van der Waals surface area contributed by atoms with Gasteiger partial charge in [-0.05, 0) is 43.2 Å². The molecule has 126 valence electrons. The first kappa shape index (κ1) is 15.4. The fraction of sp³-hybridized carbons (Fsp3) is 0.474. The lowest BCUT2D eigenvalue weighted by Gasteiger charge is -2.19. The second kappa shape index (κ2) is 6.77. The molecule has 1 amide bonds. The second-order valence-electron chi connectivity index (χ2n) is 6.54. The Balaban J connectivity index is 1.55. The number of hydrogen-bond donors (Lipinski definition) is 1. The molecule has 1 aliphatic heterocycles. The van der Waals surface area contributed by atoms with Gasteiger partial charge in [-0.15, -0.1) is 0 Å². The Bertz CT molecular complexity index is 719. The van der Waals surface area contributed by atoms with E-state index in [4.69, 9.17) is 9.15 Å². The maximum absolute atomic E-state index is 12.8. The molecule has 2 aliphatic rings. The number of nitrogens with one attached hydrogen (secondary N) is 1. The van der Waals surface area contributed by atoms with E-state index in [1.165, 1.54) is 17.5 Å². The summed E-state index contributed by atoms with van der Waals surface area (Å²) in [6.07, 6.45) is 7.36. The topological polar surface area (TPSA) is 64.4 Å². The number of benzene rings is 1. The van der Waals surface area contributed by atoms with Gasteiger partial charge in [-0.3, -0.25) is 4.79 Å². The van der Waals surface area contributed by atoms with Crippen molar-refractivity contribution >= 4 is 5.91 Å². The van der Waals surface area contributed by atoms with Crippen LogP contribution in [0.15, 0.2) is 35.1 Å². The summed E-state index contributed by atoms with van der Waals surface area (Å²) < 4.78 is 11.1. The molecule has 1 aromatic heterocycles. The van der Waals surface area contributed by atoms with Crippen molar-refractivity contribution in [1.82, 2.24) is 10.3 Å². The van der Waals surface area contributed by atoms with E-state index in [1.54, 1.807) is 0 Å². The van der Waals surface area contributed by atoms with Crippen molar-refractivity contribution in [2.45, 2.75) is 50.7 Å². The van der Waals surface area contributed by atoms with Crippen molar-refractivity contribution in [3.05, 3.63) is 53.2 Å². The average molecular weight is 326 g/mol. The number of nitrogens with zero attached hydrogens (tertiary/aromatic N) is 1. The first-order chi connectivity index (χ1) is 11.8. The molecule has 4 rings (SSSR count). The van der Waals surface area contributed by atoms with E-state index >= 15 is 0 Å². The van der Waals surface area contributed by atoms with E-state index in [1.807, 2.05) is 6.07 Å². The molecule has 1 aromatic carbocycles. The predicted molar refractivity (Wildman–Crippen MR) is 88.6 cm³/mol. The highest BCUT2D eigenvalue weighted by Crippen LogP contribution is 2.32. The van der Waals surface area contributed by atoms with Crippen LogP contribution in [-0.4, -0.2) is 17.5 Å². The summed E-state index contributed by atoms with van der Waals surface area (Å²) in [5.41, 5.74) is 2.92. The van der Waals surface area contributed by atoms with Crippen LogP contribution in [-0.2, 0) is 11.2 Å². The molecule has 2 aromatic rings. The van der Waals surface area contributed by atoms with Gasteiger partial charge in [0.15, 0.2) is 17.8 Å². The van der Waals surface area contributed by atoms with Crippen LogP contribution >= 0.6 is 0 Å². The molecule has 2 heterocycles. The molecule has 0 spiro atoms. The summed E-state index contributed by atoms with van der Waals surface area (Å²) in [4.78, 5) is 16.9. The molecule has 2 unspecified atom stereocenters. The van der Waals surface area contributed by atoms with E-state index in [0.29, 0.717) is 18.1 Å². The summed E-state index contributed by atoms with van der Waals surface area (Å²) in [6.45, 7) is 0.711. The molecule has 2 atom stereocenters. The predicted octanol–water partition coefficient (Wildman–Crippen LogP) is 3.72. The van der Waals surface area contributed by atoms with Gasteiger partial charge in [0.05, 0.1) is 6.04 Å². The SMILES string of the molecule is O=C(NC1CCCCc2ccccc21)c1ncoc1C1CCCO1. The van der Waals surface area contributed by atoms with E-state index in [0.717, 1.165) is 38.5 Å². The molecule has 1 saturated heterocycles. The van der Waals surface area contributed by atoms with Crippen LogP contribution in [0.5, 0.6) is 0 Å². The maximum atomic E-state index is 12.8. The standard InChI is InChI=1S/C19H22N2O3/c22-19(17-18(24-12-20-17)16-10-5-11-23-16)21-15-9-4-2-7-13-6-1-3-8-14(13)15/h1,3,6,8,12,15-16H,2,4-5,7,9-11H2,(H,21,22). The third-order valence-corrected chi connectivity index (χ3v) is 4.96. The lowest BCUT2D eigenvalue weighted by Crippen LogP contribution is -2.30. The number of rotatable bonds is 3. The molecule has 1 fully saturated rings. The lowest BCUT2D eigenvalue weighted by atomic mass is 9.99. The Labute approximate surface area is 141 Å². The minimum absolute atomic E-state index is 0.0326. The third kappa shape index (κ3) is 2.96. The first-order valence-corrected chi connectivity index (χ1v) is 8.76. The fourth-order valence-corrected chi connectivity index (χ4v) is 3.74. The number of aromatic nitrogens is 1. The normalized spacial score (nSPS) is 23.5. The van der Waals surface area contributed by atoms with Gasteiger partial charge in [0.2, 0.25) is 0 Å². The molecule has 1 N–H and O–H groups in total. The van der Waals surface area contributed by atoms with E-state index < -0.39 is 0 Å². The van der Waals surface area contributed by atoms with Gasteiger partial charge in [0, 0.05) is 6.61 Å². The monoisotopic (exact) mass is 326 g/mol. The number of ether oxygens (including phenoxy) is 1. The van der Waals surface area contributed by atoms with Crippen molar-refractivity contribution in [2.24, 2.45) is 0 Å². The van der Waals surface area contributed by atoms with Crippen LogP contribution in [0, 0.1) is 0 Å². The zero-order valence-corrected chi connectivity index (χ0v) is 13.7. The molecule has 0 bridgehead atoms. The van der Waals surface area contributed by atoms with Gasteiger partial charge in [0.25, 0.3) is 5.91 Å². The highest BCUT2D eigenvalue weighted by atomic mass is 16.5. The molecule has 0 saturated carbocycles. The molecular formula is C19H22N2O3. The Morgan fingerprint density at radius 1 is 1.17 bits per heavy atom. The van der Waals surface area contributed by atoms with Crippen LogP contribution in [0.1, 0.15) is 71.6 Å². The van der Waals surface area contributed by atoms with Crippen molar-refractivity contribution in [3.8, 4) is 0 Å². The fourth-order valence-electron chi connectivity index (χ4n) is 3.74. The van der Waals surface area contributed by atoms with Gasteiger partial charge in [-0.1, -0.05) is 30.7 Å². The number of carbonyl (C=O) groups is 1. The zero-order chi connectivity index (χ0) is 16.4. The highest BCUT2D eigenvalue weighted by Gasteiger charge is 2.29. The van der Waals surface area contributed by atoms with E-state index in [9.17, 15) is 4.79 Å². The van der Waals surface area contributed by atoms with Crippen molar-refractivity contribution in [1.29, 1.82) is 0 Å². The van der Waals surface area contributed by atoms with Crippen LogP contribution < -0.4 is 5.32 Å². The van der Waals surface area contributed by atoms with Gasteiger partial charge in [-0.2, -0.15) is 0 Å². The third-order valence-electron chi connectivity index (χ3n) is 4.96. The maximum Gasteiger partial charge on any atom is 0.274 e. The van der Waals surface area contributed by atoms with Crippen LogP contribution in [0.3, 0.4) is 0 Å². The summed E-state index contributed by atoms with van der Waals surface area (Å²) in [7, 11) is 0. The second-order valence-corrected chi connectivity index (χ2v) is 6.54. The van der Waals surface area contributed by atoms with Crippen molar-refractivity contribution in [3.63, 3.8) is 0 Å². The van der Waals surface area contributed by atoms with Crippen molar-refractivity contribution < 1.29 is 13.9 Å². The Morgan fingerprint density at radius 2 is 2.08 bits per heavy atom. The van der Waals surface area contributed by atoms with Gasteiger partial charge in [-0.25, -0.2) is 4.98 Å². The molecule has 0 radical (unpaired) electrons. The number of carbonyl (C=O) groups excluding carboxylic acids is 1. The Hall–Kier alpha value is -2.14. The minimum Gasteiger partial charge on any atom is -0.445 e. The van der Waals surface area contributed by atoms with Gasteiger partial charge >= 0.3 is 0 Å². The lowest BCUT2D eigenvalue weighted by molar-refractivity contribution is 0.0851. The van der Waals surface area contributed by atoms with Crippen LogP contribution in [0.25, 0.3) is 0 Å². The molecular weight excluding hydrogens is 304 g/mol. The Morgan fingerprint density at radius 3 is 2.96 bits per heavy atom. The largest absolute Gasteiger partial charge is 0.445 e. The van der Waals surface area contributed by atoms with Gasteiger partial charge < -0.3 is 14.5 Å². The molecule has 5 nitrogen and oxygen atoms in total. The van der Waals surface area contributed by atoms with Crippen LogP contribution in [0.4, 0.5) is 0 Å². The molecule has 24 heavy (non-hydrogen) atoms. The number of oxazole rings is 1. The highest BCUT2D eigenvalue weighted by molar-refractivity contribution is 5.93. The summed E-state index contributed by atoms with van der Waals surface area (Å²) >= 11 is 0. The average Bonchev–Trinajstić information content (AvgIpc) is 3.25. The summed E-state index contributed by atoms with van der Waals surface area (Å²) in [5, 5.41) is 3.16. The van der Waals surface area contributed by atoms with Crippen molar-refractivity contribution in [2.75, 3.05) is 6.61 Å². The quantitative estimate of drug-likeness (QED) is 0.873. The number of aryl methyl sites for hydroxylation is 1. The summed E-state index contributed by atoms with van der Waals surface area (Å²) in [6, 6.07) is 8.42. The minimum atomic E-state index is -0.170.